The molecule has 4 rings (SSSR count). The van der Waals surface area contributed by atoms with Gasteiger partial charge in [-0.2, -0.15) is 4.31 Å². The summed E-state index contributed by atoms with van der Waals surface area (Å²) in [7, 11) is -3.57. The average molecular weight is 363 g/mol. The number of pyridine rings is 1. The summed E-state index contributed by atoms with van der Waals surface area (Å²) in [6.07, 6.45) is 1.89. The SMILES string of the molecule is O=C1c2cccnc2C(=O)N1C1CCN(S(=O)(=O)c2cccs2)C1. The highest BCUT2D eigenvalue weighted by atomic mass is 32.2. The third-order valence-electron chi connectivity index (χ3n) is 4.26. The number of aromatic nitrogens is 1. The molecule has 124 valence electrons. The number of fused-ring (bicyclic) bond motifs is 1. The molecule has 1 saturated heterocycles. The molecule has 2 aliphatic heterocycles. The quantitative estimate of drug-likeness (QED) is 0.765. The lowest BCUT2D eigenvalue weighted by molar-refractivity contribution is 0.0591. The summed E-state index contributed by atoms with van der Waals surface area (Å²) in [4.78, 5) is 30.1. The number of nitrogens with zero attached hydrogens (tertiary/aromatic N) is 3. The Kier molecular flexibility index (Phi) is 3.52. The molecule has 1 fully saturated rings. The molecule has 0 N–H and O–H groups in total. The molecular formula is C15H13N3O4S2. The third kappa shape index (κ3) is 2.20. The monoisotopic (exact) mass is 363 g/mol. The molecule has 1 unspecified atom stereocenters. The van der Waals surface area contributed by atoms with E-state index in [9.17, 15) is 18.0 Å². The molecule has 0 aliphatic carbocycles. The fourth-order valence-corrected chi connectivity index (χ4v) is 5.73. The molecule has 7 nitrogen and oxygen atoms in total. The summed E-state index contributed by atoms with van der Waals surface area (Å²) in [5.41, 5.74) is 0.420. The lowest BCUT2D eigenvalue weighted by Crippen LogP contribution is -2.42. The van der Waals surface area contributed by atoms with Crippen molar-refractivity contribution < 1.29 is 18.0 Å². The third-order valence-corrected chi connectivity index (χ3v) is 7.50. The minimum atomic E-state index is -3.57. The second-order valence-corrected chi connectivity index (χ2v) is 8.73. The van der Waals surface area contributed by atoms with Crippen molar-refractivity contribution in [3.63, 3.8) is 0 Å². The van der Waals surface area contributed by atoms with Gasteiger partial charge in [-0.3, -0.25) is 19.5 Å². The Balaban J connectivity index is 1.59. The maximum absolute atomic E-state index is 12.6. The Labute approximate surface area is 142 Å². The van der Waals surface area contributed by atoms with Crippen LogP contribution in [0.15, 0.2) is 40.1 Å². The topological polar surface area (TPSA) is 87.7 Å². The van der Waals surface area contributed by atoms with Crippen LogP contribution in [0.3, 0.4) is 0 Å². The van der Waals surface area contributed by atoms with Crippen LogP contribution in [0.5, 0.6) is 0 Å². The number of carbonyl (C=O) groups excluding carboxylic acids is 2. The van der Waals surface area contributed by atoms with Gasteiger partial charge in [-0.1, -0.05) is 6.07 Å². The van der Waals surface area contributed by atoms with Crippen LogP contribution < -0.4 is 0 Å². The highest BCUT2D eigenvalue weighted by Crippen LogP contribution is 2.30. The van der Waals surface area contributed by atoms with Crippen LogP contribution in [0.1, 0.15) is 27.3 Å². The summed E-state index contributed by atoms with van der Waals surface area (Å²) in [6.45, 7) is 0.400. The van der Waals surface area contributed by atoms with E-state index < -0.39 is 27.9 Å². The highest BCUT2D eigenvalue weighted by Gasteiger charge is 2.45. The first-order valence-corrected chi connectivity index (χ1v) is 9.68. The number of carbonyl (C=O) groups is 2. The molecule has 0 spiro atoms. The van der Waals surface area contributed by atoms with E-state index in [0.29, 0.717) is 6.42 Å². The summed E-state index contributed by atoms with van der Waals surface area (Å²) in [5, 5.41) is 1.70. The van der Waals surface area contributed by atoms with E-state index in [4.69, 9.17) is 0 Å². The molecule has 2 aromatic heterocycles. The Hall–Kier alpha value is -2.10. The standard InChI is InChI=1S/C15H13N3O4S2/c19-14-11-3-1-6-16-13(11)15(20)18(14)10-5-7-17(9-10)24(21,22)12-4-2-8-23-12/h1-4,6,8,10H,5,7,9H2. The summed E-state index contributed by atoms with van der Waals surface area (Å²) < 4.78 is 26.8. The van der Waals surface area contributed by atoms with E-state index in [1.165, 1.54) is 10.5 Å². The normalized spacial score (nSPS) is 21.5. The Morgan fingerprint density at radius 1 is 1.17 bits per heavy atom. The van der Waals surface area contributed by atoms with Crippen molar-refractivity contribution in [1.82, 2.24) is 14.2 Å². The van der Waals surface area contributed by atoms with Gasteiger partial charge in [0.25, 0.3) is 21.8 Å². The Bertz CT molecular complexity index is 889. The molecule has 24 heavy (non-hydrogen) atoms. The molecule has 9 heteroatoms. The Morgan fingerprint density at radius 2 is 2.00 bits per heavy atom. The zero-order chi connectivity index (χ0) is 16.9. The largest absolute Gasteiger partial charge is 0.280 e. The van der Waals surface area contributed by atoms with Gasteiger partial charge in [0.05, 0.1) is 11.6 Å². The van der Waals surface area contributed by atoms with Crippen molar-refractivity contribution in [2.75, 3.05) is 13.1 Å². The fraction of sp³-hybridized carbons (Fsp3) is 0.267. The minimum Gasteiger partial charge on any atom is -0.268 e. The van der Waals surface area contributed by atoms with Gasteiger partial charge in [-0.25, -0.2) is 8.42 Å². The lowest BCUT2D eigenvalue weighted by Gasteiger charge is -2.22. The molecule has 1 atom stereocenters. The van der Waals surface area contributed by atoms with Crippen LogP contribution in [0.2, 0.25) is 0 Å². The van der Waals surface area contributed by atoms with Crippen LogP contribution in [-0.2, 0) is 10.0 Å². The van der Waals surface area contributed by atoms with Gasteiger partial charge in [0.15, 0.2) is 0 Å². The van der Waals surface area contributed by atoms with Crippen LogP contribution in [-0.4, -0.2) is 53.6 Å². The maximum atomic E-state index is 12.6. The van der Waals surface area contributed by atoms with Crippen molar-refractivity contribution in [2.45, 2.75) is 16.7 Å². The summed E-state index contributed by atoms with van der Waals surface area (Å²) >= 11 is 1.15. The predicted molar refractivity (Wildman–Crippen MR) is 86.2 cm³/mol. The first-order valence-electron chi connectivity index (χ1n) is 7.36. The van der Waals surface area contributed by atoms with Gasteiger partial charge in [0.1, 0.15) is 9.90 Å². The zero-order valence-corrected chi connectivity index (χ0v) is 14.1. The minimum absolute atomic E-state index is 0.117. The van der Waals surface area contributed by atoms with Crippen LogP contribution in [0.4, 0.5) is 0 Å². The molecule has 2 amide bonds. The number of hydrogen-bond donors (Lipinski definition) is 0. The summed E-state index contributed by atoms with van der Waals surface area (Å²) in [5.74, 6) is -0.848. The predicted octanol–water partition coefficient (Wildman–Crippen LogP) is 1.20. The van der Waals surface area contributed by atoms with E-state index >= 15 is 0 Å². The number of sulfonamides is 1. The van der Waals surface area contributed by atoms with E-state index in [-0.39, 0.29) is 28.6 Å². The van der Waals surface area contributed by atoms with E-state index in [2.05, 4.69) is 4.98 Å². The van der Waals surface area contributed by atoms with Crippen molar-refractivity contribution in [3.8, 4) is 0 Å². The highest BCUT2D eigenvalue weighted by molar-refractivity contribution is 7.91. The van der Waals surface area contributed by atoms with E-state index in [1.54, 1.807) is 29.6 Å². The van der Waals surface area contributed by atoms with Crippen LogP contribution in [0.25, 0.3) is 0 Å². The van der Waals surface area contributed by atoms with Gasteiger partial charge >= 0.3 is 0 Å². The van der Waals surface area contributed by atoms with E-state index in [0.717, 1.165) is 16.2 Å². The Morgan fingerprint density at radius 3 is 2.71 bits per heavy atom. The van der Waals surface area contributed by atoms with Crippen molar-refractivity contribution in [3.05, 3.63) is 47.1 Å². The van der Waals surface area contributed by atoms with Crippen LogP contribution in [0, 0.1) is 0 Å². The lowest BCUT2D eigenvalue weighted by atomic mass is 10.2. The first-order chi connectivity index (χ1) is 11.5. The number of thiophene rings is 1. The van der Waals surface area contributed by atoms with Gasteiger partial charge in [0, 0.05) is 19.3 Å². The number of imide groups is 1. The fourth-order valence-electron chi connectivity index (χ4n) is 3.09. The van der Waals surface area contributed by atoms with Gasteiger partial charge in [-0.05, 0) is 30.0 Å². The second-order valence-electron chi connectivity index (χ2n) is 5.62. The molecule has 2 aliphatic rings. The van der Waals surface area contributed by atoms with Gasteiger partial charge in [-0.15, -0.1) is 11.3 Å². The molecule has 0 bridgehead atoms. The van der Waals surface area contributed by atoms with Crippen LogP contribution >= 0.6 is 11.3 Å². The number of hydrogen-bond acceptors (Lipinski definition) is 6. The number of amides is 2. The molecule has 0 radical (unpaired) electrons. The average Bonchev–Trinajstić information content (AvgIpc) is 3.30. The van der Waals surface area contributed by atoms with E-state index in [1.807, 2.05) is 0 Å². The molecule has 0 saturated carbocycles. The number of rotatable bonds is 3. The first kappa shape index (κ1) is 15.4. The van der Waals surface area contributed by atoms with Crippen molar-refractivity contribution >= 4 is 33.2 Å². The van der Waals surface area contributed by atoms with Crippen molar-refractivity contribution in [1.29, 1.82) is 0 Å². The molecule has 2 aromatic rings. The molecule has 4 heterocycles. The van der Waals surface area contributed by atoms with Crippen molar-refractivity contribution in [2.24, 2.45) is 0 Å². The summed E-state index contributed by atoms with van der Waals surface area (Å²) in [6, 6.07) is 5.95. The molecular weight excluding hydrogens is 350 g/mol. The van der Waals surface area contributed by atoms with Gasteiger partial charge in [0.2, 0.25) is 0 Å². The van der Waals surface area contributed by atoms with Gasteiger partial charge < -0.3 is 0 Å². The second kappa shape index (κ2) is 5.47. The smallest absolute Gasteiger partial charge is 0.268 e. The molecule has 0 aromatic carbocycles. The maximum Gasteiger partial charge on any atom is 0.280 e. The zero-order valence-electron chi connectivity index (χ0n) is 12.5.